The third-order valence-corrected chi connectivity index (χ3v) is 21.1. The molecule has 6 aliphatic heterocycles. The van der Waals surface area contributed by atoms with E-state index >= 15 is 14.4 Å². The summed E-state index contributed by atoms with van der Waals surface area (Å²) in [6.45, 7) is 29.2. The number of nitrogens with one attached hydrogen (secondary N) is 5. The Morgan fingerprint density at radius 1 is 0.609 bits per heavy atom. The van der Waals surface area contributed by atoms with Gasteiger partial charge in [0.15, 0.2) is 0 Å². The molecular weight excluding hydrogens is 1100 g/mol. The average Bonchev–Trinajstić information content (AvgIpc) is 2.53. The second kappa shape index (κ2) is 30.4. The minimum atomic E-state index is -0.713. The highest BCUT2D eigenvalue weighted by molar-refractivity contribution is 5.92. The Balaban J connectivity index is 0.957. The number of piperidine rings is 3. The monoisotopic (exact) mass is 1210 g/mol. The van der Waals surface area contributed by atoms with Gasteiger partial charge >= 0.3 is 0 Å². The Morgan fingerprint density at radius 2 is 1.10 bits per heavy atom. The Morgan fingerprint density at radius 3 is 1.55 bits per heavy atom. The molecule has 4 unspecified atom stereocenters. The van der Waals surface area contributed by atoms with Gasteiger partial charge in [-0.3, -0.25) is 33.6 Å². The number of carbonyl (C=O) groups is 7. The van der Waals surface area contributed by atoms with Crippen molar-refractivity contribution in [2.45, 2.75) is 215 Å². The number of H-pyrrole nitrogens is 2. The van der Waals surface area contributed by atoms with Gasteiger partial charge in [-0.1, -0.05) is 62.3 Å². The molecule has 12 atom stereocenters. The molecule has 0 bridgehead atoms. The fourth-order valence-electron chi connectivity index (χ4n) is 15.3. The molecule has 8 rings (SSSR count). The summed E-state index contributed by atoms with van der Waals surface area (Å²) in [6, 6.07) is -3.45. The number of aromatic nitrogens is 4. The van der Waals surface area contributed by atoms with Crippen LogP contribution in [0.4, 0.5) is 0 Å². The molecule has 0 saturated carbocycles. The molecule has 6 fully saturated rings. The summed E-state index contributed by atoms with van der Waals surface area (Å²) < 4.78 is 0. The van der Waals surface area contributed by atoms with Crippen LogP contribution in [0, 0.1) is 59.7 Å². The fourth-order valence-corrected chi connectivity index (χ4v) is 15.3. The third kappa shape index (κ3) is 17.5. The first kappa shape index (κ1) is 67.5. The minimum absolute atomic E-state index is 0.00259. The molecule has 0 aliphatic carbocycles. The molecule has 7 amide bonds. The van der Waals surface area contributed by atoms with Gasteiger partial charge in [0, 0.05) is 122 Å². The normalized spacial score (nSPS) is 26.0. The lowest BCUT2D eigenvalue weighted by atomic mass is 9.77. The first-order valence-electron chi connectivity index (χ1n) is 33.6. The van der Waals surface area contributed by atoms with Crippen molar-refractivity contribution in [2.75, 3.05) is 72.0 Å². The first-order valence-corrected chi connectivity index (χ1v) is 33.6. The number of amides is 7. The molecular formula is C66H110N14O7. The summed E-state index contributed by atoms with van der Waals surface area (Å²) in [5.74, 6) is 2.17. The van der Waals surface area contributed by atoms with Crippen molar-refractivity contribution in [3.05, 3.63) is 35.9 Å². The van der Waals surface area contributed by atoms with E-state index in [9.17, 15) is 19.2 Å². The summed E-state index contributed by atoms with van der Waals surface area (Å²) in [7, 11) is 0. The van der Waals surface area contributed by atoms with Gasteiger partial charge in [0.2, 0.25) is 41.4 Å². The Labute approximate surface area is 519 Å². The highest BCUT2D eigenvalue weighted by atomic mass is 16.2. The van der Waals surface area contributed by atoms with E-state index in [2.05, 4.69) is 98.2 Å². The standard InChI is InChI=1S/C66H110N14O7/c1-41(2)30-51-60(82)79(28-19-68-51)56(64(86)76-25-15-66(11,16-26-76)39-59-71-17-18-72-59)35-46(8)44(6)33-53-62(84)80(29-21-70-53)55(63(85)75-22-12-49(13-23-75)38-58-73-40-47(9)74-58)34-45(7)43(5)32-52-61(83)78(27-20-69-52)54(31-42(3)4)65(87)77-24-14-50(36-48(77)10)37-57(67)81/h17-18,40-46,48-56,68-70H,12-16,19-39H2,1-11H3,(H2,67,81)(H,71,72)(H,73,74)/t43?,44?,45?,46?,48-,50+,51-,52-,53-,54-,55-,56-/m0/s1. The van der Waals surface area contributed by atoms with Crippen molar-refractivity contribution < 1.29 is 33.6 Å². The lowest BCUT2D eigenvalue weighted by molar-refractivity contribution is -0.152. The number of aryl methyl sites for hydroxylation is 1. The molecule has 6 aliphatic rings. The predicted molar refractivity (Wildman–Crippen MR) is 336 cm³/mol. The number of nitrogens with zero attached hydrogens (tertiary/aromatic N) is 8. The van der Waals surface area contributed by atoms with Gasteiger partial charge < -0.3 is 61.1 Å². The molecule has 87 heavy (non-hydrogen) atoms. The number of nitrogens with two attached hydrogens (primary N) is 1. The predicted octanol–water partition coefficient (Wildman–Crippen LogP) is 5.30. The van der Waals surface area contributed by atoms with E-state index in [1.165, 1.54) is 0 Å². The lowest BCUT2D eigenvalue weighted by Gasteiger charge is -2.45. The molecule has 2 aromatic heterocycles. The van der Waals surface area contributed by atoms with Crippen LogP contribution in [0.3, 0.4) is 0 Å². The topological polar surface area (TPSA) is 258 Å². The van der Waals surface area contributed by atoms with E-state index in [4.69, 9.17) is 5.73 Å². The number of carbonyl (C=O) groups excluding carboxylic acids is 7. The van der Waals surface area contributed by atoms with Crippen LogP contribution in [-0.4, -0.2) is 205 Å². The molecule has 8 heterocycles. The van der Waals surface area contributed by atoms with Crippen molar-refractivity contribution in [3.8, 4) is 0 Å². The number of primary amides is 1. The maximum atomic E-state index is 15.3. The Hall–Kier alpha value is -5.41. The van der Waals surface area contributed by atoms with E-state index in [1.807, 2.05) is 55.6 Å². The van der Waals surface area contributed by atoms with Gasteiger partial charge in [-0.2, -0.15) is 0 Å². The van der Waals surface area contributed by atoms with Gasteiger partial charge in [-0.25, -0.2) is 9.97 Å². The first-order chi connectivity index (χ1) is 41.4. The van der Waals surface area contributed by atoms with E-state index in [0.29, 0.717) is 142 Å². The molecule has 6 saturated heterocycles. The number of rotatable bonds is 26. The fraction of sp³-hybridized carbons (Fsp3) is 0.803. The second-order valence-corrected chi connectivity index (χ2v) is 29.0. The van der Waals surface area contributed by atoms with E-state index in [0.717, 1.165) is 55.9 Å². The van der Waals surface area contributed by atoms with Crippen LogP contribution in [-0.2, 0) is 46.4 Å². The van der Waals surface area contributed by atoms with Gasteiger partial charge in [0.1, 0.15) is 29.8 Å². The van der Waals surface area contributed by atoms with Gasteiger partial charge in [-0.15, -0.1) is 0 Å². The Bertz CT molecular complexity index is 2610. The van der Waals surface area contributed by atoms with E-state index in [-0.39, 0.29) is 94.4 Å². The smallest absolute Gasteiger partial charge is 0.245 e. The number of piperazine rings is 3. The van der Waals surface area contributed by atoms with Gasteiger partial charge in [-0.05, 0) is 144 Å². The minimum Gasteiger partial charge on any atom is -0.370 e. The summed E-state index contributed by atoms with van der Waals surface area (Å²) >= 11 is 0. The number of aromatic amines is 2. The lowest BCUT2D eigenvalue weighted by Crippen LogP contribution is -2.63. The van der Waals surface area contributed by atoms with Crippen LogP contribution in [0.1, 0.15) is 170 Å². The van der Waals surface area contributed by atoms with Gasteiger partial charge in [0.25, 0.3) is 0 Å². The van der Waals surface area contributed by atoms with Gasteiger partial charge in [0.05, 0.1) is 18.1 Å². The molecule has 21 nitrogen and oxygen atoms in total. The van der Waals surface area contributed by atoms with Crippen molar-refractivity contribution in [2.24, 2.45) is 58.5 Å². The summed E-state index contributed by atoms with van der Waals surface area (Å²) in [6.07, 6.45) is 15.3. The van der Waals surface area contributed by atoms with Crippen LogP contribution >= 0.6 is 0 Å². The zero-order valence-corrected chi connectivity index (χ0v) is 54.8. The largest absolute Gasteiger partial charge is 0.370 e. The summed E-state index contributed by atoms with van der Waals surface area (Å²) in [5, 5.41) is 10.5. The number of hydrogen-bond acceptors (Lipinski definition) is 12. The SMILES string of the molecule is Cc1cnc(CC2CCN(C(=O)[C@H](CC(C)C(C)C[C@@H]3NCCN([C@@H](CC(C)C)C(=O)N4CC[C@@H](CC(N)=O)C[C@@H]4C)C3=O)N3CCN[C@@H](CC(C)C(C)C[C@@H](C(=O)N4CCC(C)(Cc5ncc[nH]5)CC4)N4CCN[C@@H](CC(C)C)C4=O)C3=O)CC2)[nH]1. The highest BCUT2D eigenvalue weighted by Crippen LogP contribution is 2.37. The maximum Gasteiger partial charge on any atom is 0.245 e. The number of likely N-dealkylation sites (tertiary alicyclic amines) is 3. The van der Waals surface area contributed by atoms with Crippen molar-refractivity contribution in [1.82, 2.24) is 65.3 Å². The summed E-state index contributed by atoms with van der Waals surface area (Å²) in [4.78, 5) is 128. The molecule has 7 N–H and O–H groups in total. The quantitative estimate of drug-likeness (QED) is 0.0702. The van der Waals surface area contributed by atoms with Crippen LogP contribution < -0.4 is 21.7 Å². The van der Waals surface area contributed by atoms with E-state index in [1.54, 1.807) is 6.20 Å². The molecule has 2 aromatic rings. The van der Waals surface area contributed by atoms with Crippen molar-refractivity contribution in [1.29, 1.82) is 0 Å². The van der Waals surface area contributed by atoms with Crippen LogP contribution in [0.25, 0.3) is 0 Å². The van der Waals surface area contributed by atoms with Crippen LogP contribution in [0.15, 0.2) is 18.6 Å². The molecule has 486 valence electrons. The zero-order chi connectivity index (χ0) is 62.9. The van der Waals surface area contributed by atoms with E-state index < -0.39 is 30.2 Å². The average molecular weight is 1210 g/mol. The van der Waals surface area contributed by atoms with Crippen molar-refractivity contribution >= 4 is 41.4 Å². The maximum absolute atomic E-state index is 15.3. The van der Waals surface area contributed by atoms with Crippen LogP contribution in [0.5, 0.6) is 0 Å². The molecule has 0 aromatic carbocycles. The Kier molecular flexibility index (Phi) is 23.6. The molecule has 0 spiro atoms. The zero-order valence-electron chi connectivity index (χ0n) is 54.8. The third-order valence-electron chi connectivity index (χ3n) is 21.1. The number of hydrogen-bond donors (Lipinski definition) is 6. The van der Waals surface area contributed by atoms with Crippen LogP contribution in [0.2, 0.25) is 0 Å². The molecule has 21 heteroatoms. The summed E-state index contributed by atoms with van der Waals surface area (Å²) in [5.41, 5.74) is 6.58. The molecule has 0 radical (unpaired) electrons. The highest BCUT2D eigenvalue weighted by Gasteiger charge is 2.46. The second-order valence-electron chi connectivity index (χ2n) is 29.0. The number of imidazole rings is 2. The van der Waals surface area contributed by atoms with Crippen molar-refractivity contribution in [3.63, 3.8) is 0 Å².